The zero-order valence-corrected chi connectivity index (χ0v) is 12.4. The van der Waals surface area contributed by atoms with Gasteiger partial charge >= 0.3 is 0 Å². The third-order valence-electron chi connectivity index (χ3n) is 4.07. The van der Waals surface area contributed by atoms with Crippen molar-refractivity contribution in [3.05, 3.63) is 29.8 Å². The molecule has 0 aliphatic heterocycles. The molecular formula is C17H27NO. The second-order valence-electron chi connectivity index (χ2n) is 5.64. The van der Waals surface area contributed by atoms with Crippen molar-refractivity contribution in [3.8, 4) is 5.75 Å². The highest BCUT2D eigenvalue weighted by atomic mass is 16.5. The Bertz CT molecular complexity index is 367. The van der Waals surface area contributed by atoms with E-state index < -0.39 is 0 Å². The van der Waals surface area contributed by atoms with E-state index in [4.69, 9.17) is 4.74 Å². The monoisotopic (exact) mass is 261 g/mol. The molecule has 106 valence electrons. The smallest absolute Gasteiger partial charge is 0.120 e. The molecule has 0 bridgehead atoms. The highest BCUT2D eigenvalue weighted by Gasteiger charge is 2.38. The summed E-state index contributed by atoms with van der Waals surface area (Å²) in [4.78, 5) is 0. The van der Waals surface area contributed by atoms with Gasteiger partial charge in [0.15, 0.2) is 0 Å². The summed E-state index contributed by atoms with van der Waals surface area (Å²) in [6, 6.07) is 8.68. The third-order valence-corrected chi connectivity index (χ3v) is 4.07. The lowest BCUT2D eigenvalue weighted by Gasteiger charge is -2.42. The molecule has 0 unspecified atom stereocenters. The Morgan fingerprint density at radius 3 is 2.42 bits per heavy atom. The predicted molar refractivity (Wildman–Crippen MR) is 80.8 cm³/mol. The SMILES string of the molecule is CCCc1ccc(OC2(CCNCC)CCC2)cc1. The lowest BCUT2D eigenvalue weighted by Crippen LogP contribution is -2.45. The first-order chi connectivity index (χ1) is 9.28. The number of hydrogen-bond donors (Lipinski definition) is 1. The first-order valence-electron chi connectivity index (χ1n) is 7.77. The maximum atomic E-state index is 6.28. The van der Waals surface area contributed by atoms with Gasteiger partial charge in [-0.05, 0) is 62.9 Å². The Balaban J connectivity index is 1.90. The van der Waals surface area contributed by atoms with Crippen LogP contribution in [0.25, 0.3) is 0 Å². The zero-order chi connectivity index (χ0) is 13.6. The van der Waals surface area contributed by atoms with Crippen LogP contribution in [-0.2, 0) is 6.42 Å². The Kier molecular flexibility index (Phi) is 5.26. The van der Waals surface area contributed by atoms with Crippen LogP contribution in [0.4, 0.5) is 0 Å². The molecule has 0 saturated heterocycles. The van der Waals surface area contributed by atoms with Gasteiger partial charge in [-0.3, -0.25) is 0 Å². The van der Waals surface area contributed by atoms with E-state index in [9.17, 15) is 0 Å². The van der Waals surface area contributed by atoms with Gasteiger partial charge < -0.3 is 10.1 Å². The average Bonchev–Trinajstić information content (AvgIpc) is 2.38. The summed E-state index contributed by atoms with van der Waals surface area (Å²) >= 11 is 0. The van der Waals surface area contributed by atoms with Gasteiger partial charge in [0.1, 0.15) is 11.4 Å². The average molecular weight is 261 g/mol. The van der Waals surface area contributed by atoms with E-state index in [0.717, 1.165) is 31.7 Å². The first-order valence-corrected chi connectivity index (χ1v) is 7.77. The van der Waals surface area contributed by atoms with E-state index in [1.165, 1.54) is 31.2 Å². The van der Waals surface area contributed by atoms with Crippen LogP contribution in [0.3, 0.4) is 0 Å². The highest BCUT2D eigenvalue weighted by molar-refractivity contribution is 5.28. The van der Waals surface area contributed by atoms with Crippen LogP contribution < -0.4 is 10.1 Å². The molecule has 0 radical (unpaired) electrons. The summed E-state index contributed by atoms with van der Waals surface area (Å²) in [5.74, 6) is 1.04. The van der Waals surface area contributed by atoms with Crippen molar-refractivity contribution < 1.29 is 4.74 Å². The summed E-state index contributed by atoms with van der Waals surface area (Å²) in [6.07, 6.45) is 7.19. The van der Waals surface area contributed by atoms with E-state index in [1.807, 2.05) is 0 Å². The molecule has 0 atom stereocenters. The van der Waals surface area contributed by atoms with Crippen LogP contribution in [0, 0.1) is 0 Å². The fourth-order valence-corrected chi connectivity index (χ4v) is 2.73. The molecule has 1 aliphatic rings. The number of hydrogen-bond acceptors (Lipinski definition) is 2. The van der Waals surface area contributed by atoms with Crippen molar-refractivity contribution >= 4 is 0 Å². The number of rotatable bonds is 8. The van der Waals surface area contributed by atoms with Crippen molar-refractivity contribution in [3.63, 3.8) is 0 Å². The van der Waals surface area contributed by atoms with E-state index in [2.05, 4.69) is 43.4 Å². The van der Waals surface area contributed by atoms with Crippen LogP contribution in [0.5, 0.6) is 5.75 Å². The molecule has 1 saturated carbocycles. The molecule has 0 heterocycles. The number of aryl methyl sites for hydroxylation is 1. The van der Waals surface area contributed by atoms with Crippen LogP contribution in [-0.4, -0.2) is 18.7 Å². The molecule has 19 heavy (non-hydrogen) atoms. The van der Waals surface area contributed by atoms with Crippen LogP contribution in [0.1, 0.15) is 51.5 Å². The molecule has 0 aromatic heterocycles. The molecule has 1 aromatic rings. The van der Waals surface area contributed by atoms with Gasteiger partial charge in [-0.1, -0.05) is 32.4 Å². The Hall–Kier alpha value is -1.02. The van der Waals surface area contributed by atoms with E-state index >= 15 is 0 Å². The van der Waals surface area contributed by atoms with Crippen molar-refractivity contribution in [2.75, 3.05) is 13.1 Å². The van der Waals surface area contributed by atoms with Crippen molar-refractivity contribution in [1.29, 1.82) is 0 Å². The second kappa shape index (κ2) is 6.95. The van der Waals surface area contributed by atoms with Crippen LogP contribution in [0.2, 0.25) is 0 Å². The maximum absolute atomic E-state index is 6.28. The summed E-state index contributed by atoms with van der Waals surface area (Å²) in [5, 5.41) is 3.40. The van der Waals surface area contributed by atoms with Crippen molar-refractivity contribution in [1.82, 2.24) is 5.32 Å². The molecule has 2 rings (SSSR count). The van der Waals surface area contributed by atoms with E-state index in [-0.39, 0.29) is 5.60 Å². The molecular weight excluding hydrogens is 234 g/mol. The standard InChI is InChI=1S/C17H27NO/c1-3-6-15-7-9-16(10-8-15)19-17(11-5-12-17)13-14-18-4-2/h7-10,18H,3-6,11-14H2,1-2H3. The van der Waals surface area contributed by atoms with Crippen LogP contribution >= 0.6 is 0 Å². The maximum Gasteiger partial charge on any atom is 0.120 e. The first kappa shape index (κ1) is 14.4. The number of ether oxygens (including phenoxy) is 1. The Morgan fingerprint density at radius 2 is 1.89 bits per heavy atom. The summed E-state index contributed by atoms with van der Waals surface area (Å²) in [6.45, 7) is 6.47. The lowest BCUT2D eigenvalue weighted by molar-refractivity contribution is -0.0141. The van der Waals surface area contributed by atoms with Gasteiger partial charge in [0, 0.05) is 0 Å². The zero-order valence-electron chi connectivity index (χ0n) is 12.4. The van der Waals surface area contributed by atoms with Crippen molar-refractivity contribution in [2.24, 2.45) is 0 Å². The van der Waals surface area contributed by atoms with E-state index in [0.29, 0.717) is 0 Å². The minimum Gasteiger partial charge on any atom is -0.487 e. The lowest BCUT2D eigenvalue weighted by atomic mass is 9.77. The van der Waals surface area contributed by atoms with Crippen molar-refractivity contribution in [2.45, 2.75) is 58.0 Å². The summed E-state index contributed by atoms with van der Waals surface area (Å²) in [5.41, 5.74) is 1.51. The summed E-state index contributed by atoms with van der Waals surface area (Å²) in [7, 11) is 0. The molecule has 1 aromatic carbocycles. The highest BCUT2D eigenvalue weighted by Crippen LogP contribution is 2.39. The molecule has 0 amide bonds. The normalized spacial score (nSPS) is 16.9. The number of benzene rings is 1. The summed E-state index contributed by atoms with van der Waals surface area (Å²) < 4.78 is 6.28. The van der Waals surface area contributed by atoms with Gasteiger partial charge in [-0.15, -0.1) is 0 Å². The molecule has 0 spiro atoms. The van der Waals surface area contributed by atoms with Gasteiger partial charge in [0.2, 0.25) is 0 Å². The topological polar surface area (TPSA) is 21.3 Å². The van der Waals surface area contributed by atoms with Gasteiger partial charge in [-0.2, -0.15) is 0 Å². The van der Waals surface area contributed by atoms with Crippen LogP contribution in [0.15, 0.2) is 24.3 Å². The van der Waals surface area contributed by atoms with Gasteiger partial charge in [0.05, 0.1) is 0 Å². The Labute approximate surface area is 117 Å². The Morgan fingerprint density at radius 1 is 1.16 bits per heavy atom. The predicted octanol–water partition coefficient (Wildman–Crippen LogP) is 3.94. The van der Waals surface area contributed by atoms with Gasteiger partial charge in [0.25, 0.3) is 0 Å². The number of nitrogens with one attached hydrogen (secondary N) is 1. The molecule has 1 fully saturated rings. The minimum atomic E-state index is 0.106. The fourth-order valence-electron chi connectivity index (χ4n) is 2.73. The second-order valence-corrected chi connectivity index (χ2v) is 5.64. The molecule has 1 N–H and O–H groups in total. The molecule has 2 nitrogen and oxygen atoms in total. The fraction of sp³-hybridized carbons (Fsp3) is 0.647. The third kappa shape index (κ3) is 3.97. The molecule has 2 heteroatoms. The van der Waals surface area contributed by atoms with Gasteiger partial charge in [-0.25, -0.2) is 0 Å². The van der Waals surface area contributed by atoms with E-state index in [1.54, 1.807) is 0 Å². The molecule has 1 aliphatic carbocycles. The minimum absolute atomic E-state index is 0.106. The largest absolute Gasteiger partial charge is 0.487 e. The quantitative estimate of drug-likeness (QED) is 0.716.